The molecule has 0 spiro atoms. The summed E-state index contributed by atoms with van der Waals surface area (Å²) in [5, 5.41) is 9.51. The Balaban J connectivity index is 1.99. The van der Waals surface area contributed by atoms with Gasteiger partial charge in [0.1, 0.15) is 5.75 Å². The standard InChI is InChI=1S/C12H12N2O/c13-6-1-2-8-15-11-3-4-12-10(9-11)5-7-14-12/h3-5,7,9,14H,1-2,8H2. The van der Waals surface area contributed by atoms with Gasteiger partial charge in [-0.2, -0.15) is 5.26 Å². The molecule has 0 saturated carbocycles. The molecule has 0 aliphatic rings. The molecule has 1 aromatic carbocycles. The molecule has 2 aromatic rings. The van der Waals surface area contributed by atoms with E-state index < -0.39 is 0 Å². The van der Waals surface area contributed by atoms with Crippen molar-refractivity contribution < 1.29 is 4.74 Å². The van der Waals surface area contributed by atoms with Crippen molar-refractivity contribution in [3.05, 3.63) is 30.5 Å². The second-order valence-electron chi connectivity index (χ2n) is 3.34. The fraction of sp³-hybridized carbons (Fsp3) is 0.250. The molecule has 1 heterocycles. The third kappa shape index (κ3) is 2.29. The topological polar surface area (TPSA) is 48.8 Å². The van der Waals surface area contributed by atoms with Crippen molar-refractivity contribution >= 4 is 10.9 Å². The van der Waals surface area contributed by atoms with Gasteiger partial charge in [0, 0.05) is 23.5 Å². The molecule has 0 amide bonds. The lowest BCUT2D eigenvalue weighted by atomic mass is 10.2. The van der Waals surface area contributed by atoms with Crippen LogP contribution >= 0.6 is 0 Å². The molecule has 0 saturated heterocycles. The first-order valence-electron chi connectivity index (χ1n) is 4.97. The van der Waals surface area contributed by atoms with Crippen molar-refractivity contribution in [2.75, 3.05) is 6.61 Å². The molecule has 0 unspecified atom stereocenters. The molecule has 76 valence electrons. The Bertz CT molecular complexity index is 482. The molecule has 0 aliphatic carbocycles. The summed E-state index contributed by atoms with van der Waals surface area (Å²) in [4.78, 5) is 3.12. The van der Waals surface area contributed by atoms with E-state index in [4.69, 9.17) is 10.00 Å². The van der Waals surface area contributed by atoms with Crippen LogP contribution in [-0.4, -0.2) is 11.6 Å². The minimum atomic E-state index is 0.548. The molecule has 0 fully saturated rings. The summed E-state index contributed by atoms with van der Waals surface area (Å²) >= 11 is 0. The number of nitrogens with one attached hydrogen (secondary N) is 1. The van der Waals surface area contributed by atoms with Gasteiger partial charge in [0.15, 0.2) is 0 Å². The van der Waals surface area contributed by atoms with Gasteiger partial charge >= 0.3 is 0 Å². The first kappa shape index (κ1) is 9.60. The average Bonchev–Trinajstić information content (AvgIpc) is 2.71. The van der Waals surface area contributed by atoms with Gasteiger partial charge < -0.3 is 9.72 Å². The van der Waals surface area contributed by atoms with E-state index in [1.807, 2.05) is 30.5 Å². The summed E-state index contributed by atoms with van der Waals surface area (Å²) in [7, 11) is 0. The van der Waals surface area contributed by atoms with Crippen molar-refractivity contribution in [1.82, 2.24) is 4.98 Å². The van der Waals surface area contributed by atoms with E-state index in [-0.39, 0.29) is 0 Å². The molecule has 3 nitrogen and oxygen atoms in total. The predicted molar refractivity (Wildman–Crippen MR) is 58.6 cm³/mol. The number of hydrogen-bond donors (Lipinski definition) is 1. The third-order valence-corrected chi connectivity index (χ3v) is 2.23. The predicted octanol–water partition coefficient (Wildman–Crippen LogP) is 2.85. The summed E-state index contributed by atoms with van der Waals surface area (Å²) < 4.78 is 5.52. The maximum atomic E-state index is 8.37. The van der Waals surface area contributed by atoms with Crippen LogP contribution in [0.25, 0.3) is 10.9 Å². The second-order valence-corrected chi connectivity index (χ2v) is 3.34. The maximum Gasteiger partial charge on any atom is 0.120 e. The number of benzene rings is 1. The normalized spacial score (nSPS) is 10.1. The Morgan fingerprint density at radius 3 is 3.13 bits per heavy atom. The molecule has 1 N–H and O–H groups in total. The largest absolute Gasteiger partial charge is 0.494 e. The van der Waals surface area contributed by atoms with Crippen molar-refractivity contribution in [3.63, 3.8) is 0 Å². The average molecular weight is 200 g/mol. The monoisotopic (exact) mass is 200 g/mol. The number of unbranched alkanes of at least 4 members (excludes halogenated alkanes) is 1. The summed E-state index contributed by atoms with van der Waals surface area (Å²) in [6.45, 7) is 0.601. The van der Waals surface area contributed by atoms with Gasteiger partial charge in [0.05, 0.1) is 12.7 Å². The van der Waals surface area contributed by atoms with E-state index in [1.54, 1.807) is 0 Å². The van der Waals surface area contributed by atoms with E-state index in [0.29, 0.717) is 13.0 Å². The Morgan fingerprint density at radius 2 is 2.27 bits per heavy atom. The zero-order valence-electron chi connectivity index (χ0n) is 8.36. The lowest BCUT2D eigenvalue weighted by Crippen LogP contribution is -1.96. The number of fused-ring (bicyclic) bond motifs is 1. The number of rotatable bonds is 4. The summed E-state index contributed by atoms with van der Waals surface area (Å²) in [5.74, 6) is 0.861. The molecule has 0 radical (unpaired) electrons. The second kappa shape index (κ2) is 4.52. The fourth-order valence-corrected chi connectivity index (χ4v) is 1.46. The molecular formula is C12H12N2O. The van der Waals surface area contributed by atoms with Gasteiger partial charge in [-0.1, -0.05) is 0 Å². The third-order valence-electron chi connectivity index (χ3n) is 2.23. The molecule has 0 atom stereocenters. The molecule has 2 rings (SSSR count). The first-order chi connectivity index (χ1) is 7.40. The lowest BCUT2D eigenvalue weighted by Gasteiger charge is -2.04. The Labute approximate surface area is 88.3 Å². The van der Waals surface area contributed by atoms with E-state index in [0.717, 1.165) is 23.1 Å². The smallest absolute Gasteiger partial charge is 0.120 e. The molecule has 15 heavy (non-hydrogen) atoms. The maximum absolute atomic E-state index is 8.37. The van der Waals surface area contributed by atoms with Gasteiger partial charge in [-0.05, 0) is 30.7 Å². The minimum absolute atomic E-state index is 0.548. The van der Waals surface area contributed by atoms with Crippen LogP contribution < -0.4 is 4.74 Å². The number of aromatic amines is 1. The van der Waals surface area contributed by atoms with E-state index in [2.05, 4.69) is 11.1 Å². The van der Waals surface area contributed by atoms with Crippen molar-refractivity contribution in [2.24, 2.45) is 0 Å². The highest BCUT2D eigenvalue weighted by molar-refractivity contribution is 5.80. The van der Waals surface area contributed by atoms with Crippen molar-refractivity contribution in [2.45, 2.75) is 12.8 Å². The highest BCUT2D eigenvalue weighted by atomic mass is 16.5. The summed E-state index contributed by atoms with van der Waals surface area (Å²) in [6.07, 6.45) is 3.23. The molecular weight excluding hydrogens is 188 g/mol. The lowest BCUT2D eigenvalue weighted by molar-refractivity contribution is 0.313. The van der Waals surface area contributed by atoms with Crippen LogP contribution in [0.1, 0.15) is 12.8 Å². The summed E-state index contributed by atoms with van der Waals surface area (Å²) in [5.41, 5.74) is 1.11. The van der Waals surface area contributed by atoms with E-state index >= 15 is 0 Å². The van der Waals surface area contributed by atoms with Crippen LogP contribution in [0.4, 0.5) is 0 Å². The van der Waals surface area contributed by atoms with Crippen LogP contribution in [0.5, 0.6) is 5.75 Å². The fourth-order valence-electron chi connectivity index (χ4n) is 1.46. The number of hydrogen-bond acceptors (Lipinski definition) is 2. The van der Waals surface area contributed by atoms with Crippen LogP contribution in [0.15, 0.2) is 30.5 Å². The number of nitrogens with zero attached hydrogens (tertiary/aromatic N) is 1. The first-order valence-corrected chi connectivity index (χ1v) is 4.97. The van der Waals surface area contributed by atoms with Crippen molar-refractivity contribution in [3.8, 4) is 11.8 Å². The molecule has 1 aromatic heterocycles. The van der Waals surface area contributed by atoms with E-state index in [9.17, 15) is 0 Å². The zero-order chi connectivity index (χ0) is 10.5. The van der Waals surface area contributed by atoms with E-state index in [1.165, 1.54) is 0 Å². The van der Waals surface area contributed by atoms with Crippen LogP contribution in [0, 0.1) is 11.3 Å². The Kier molecular flexibility index (Phi) is 2.89. The number of ether oxygens (including phenoxy) is 1. The minimum Gasteiger partial charge on any atom is -0.494 e. The highest BCUT2D eigenvalue weighted by Gasteiger charge is 1.97. The summed E-state index contributed by atoms with van der Waals surface area (Å²) in [6, 6.07) is 10.0. The highest BCUT2D eigenvalue weighted by Crippen LogP contribution is 2.19. The zero-order valence-corrected chi connectivity index (χ0v) is 8.36. The molecule has 0 aliphatic heterocycles. The Hall–Kier alpha value is -1.95. The van der Waals surface area contributed by atoms with Gasteiger partial charge in [0.2, 0.25) is 0 Å². The molecule has 3 heteroatoms. The molecule has 0 bridgehead atoms. The Morgan fingerprint density at radius 1 is 1.33 bits per heavy atom. The van der Waals surface area contributed by atoms with Crippen molar-refractivity contribution in [1.29, 1.82) is 5.26 Å². The van der Waals surface area contributed by atoms with Gasteiger partial charge in [0.25, 0.3) is 0 Å². The van der Waals surface area contributed by atoms with Gasteiger partial charge in [-0.15, -0.1) is 0 Å². The van der Waals surface area contributed by atoms with Crippen LogP contribution in [0.2, 0.25) is 0 Å². The van der Waals surface area contributed by atoms with Crippen LogP contribution in [-0.2, 0) is 0 Å². The number of aromatic nitrogens is 1. The SMILES string of the molecule is N#CCCCOc1ccc2[nH]ccc2c1. The quantitative estimate of drug-likeness (QED) is 0.771. The number of nitriles is 1. The van der Waals surface area contributed by atoms with Crippen LogP contribution in [0.3, 0.4) is 0 Å². The van der Waals surface area contributed by atoms with Gasteiger partial charge in [-0.3, -0.25) is 0 Å². The van der Waals surface area contributed by atoms with Gasteiger partial charge in [-0.25, -0.2) is 0 Å². The number of H-pyrrole nitrogens is 1.